The van der Waals surface area contributed by atoms with Gasteiger partial charge < -0.3 is 25.6 Å². The van der Waals surface area contributed by atoms with Crippen LogP contribution in [0.15, 0.2) is 9.98 Å². The Labute approximate surface area is 108 Å². The van der Waals surface area contributed by atoms with E-state index in [2.05, 4.69) is 15.3 Å². The fourth-order valence-corrected chi connectivity index (χ4v) is 2.48. The largest absolute Gasteiger partial charge is 0.394 e. The molecular weight excluding hydrogens is 254 g/mol. The van der Waals surface area contributed by atoms with E-state index >= 15 is 0 Å². The minimum atomic E-state index is -0.749. The third-order valence-corrected chi connectivity index (χ3v) is 3.46. The Kier molecular flexibility index (Phi) is 2.88. The second kappa shape index (κ2) is 4.44. The Morgan fingerprint density at radius 3 is 3.11 bits per heavy atom. The van der Waals surface area contributed by atoms with E-state index in [4.69, 9.17) is 15.6 Å². The number of fused-ring (bicyclic) bond motifs is 1. The molecule has 0 radical (unpaired) electrons. The zero-order chi connectivity index (χ0) is 13.6. The molecule has 5 N–H and O–H groups in total. The van der Waals surface area contributed by atoms with Gasteiger partial charge in [0.1, 0.15) is 12.3 Å². The molecule has 9 heteroatoms. The Balaban J connectivity index is 1.78. The van der Waals surface area contributed by atoms with Gasteiger partial charge in [0.2, 0.25) is 0 Å². The van der Waals surface area contributed by atoms with Crippen LogP contribution in [-0.2, 0) is 9.53 Å². The lowest BCUT2D eigenvalue weighted by atomic mass is 10.1. The zero-order valence-electron chi connectivity index (χ0n) is 10.0. The molecular formula is C10H15N5O4. The predicted octanol–water partition coefficient (Wildman–Crippen LogP) is -3.06. The van der Waals surface area contributed by atoms with Crippen LogP contribution in [0.5, 0.6) is 0 Å². The van der Waals surface area contributed by atoms with Crippen LogP contribution in [-0.4, -0.2) is 70.6 Å². The zero-order valence-corrected chi connectivity index (χ0v) is 10.0. The normalized spacial score (nSPS) is 41.2. The molecule has 1 fully saturated rings. The number of nitrogens with zero attached hydrogens (tertiary/aromatic N) is 3. The lowest BCUT2D eigenvalue weighted by Crippen LogP contribution is -2.55. The van der Waals surface area contributed by atoms with E-state index in [0.29, 0.717) is 6.42 Å². The molecule has 5 atom stereocenters. The molecule has 3 heterocycles. The highest BCUT2D eigenvalue weighted by Gasteiger charge is 2.46. The van der Waals surface area contributed by atoms with Crippen molar-refractivity contribution in [2.45, 2.75) is 37.1 Å². The minimum absolute atomic E-state index is 0.0407. The molecule has 3 aliphatic heterocycles. The summed E-state index contributed by atoms with van der Waals surface area (Å²) < 4.78 is 5.52. The third kappa shape index (κ3) is 1.95. The highest BCUT2D eigenvalue weighted by Crippen LogP contribution is 2.28. The summed E-state index contributed by atoms with van der Waals surface area (Å²) >= 11 is 0. The molecule has 3 aliphatic rings. The molecule has 2 unspecified atom stereocenters. The Morgan fingerprint density at radius 2 is 2.42 bits per heavy atom. The van der Waals surface area contributed by atoms with E-state index in [0.717, 1.165) is 0 Å². The quantitative estimate of drug-likeness (QED) is 0.420. The standard InChI is InChI=1S/C10H15N5O4/c11-10-13-8-7(9(18)14-10)12-3-15(8)6-1-4(17)5(2-16)19-6/h3-8,16-17H,1-2H2,(H3,11,13,14,18)/t4-,5+,6+,7?,8?/m0/s1. The van der Waals surface area contributed by atoms with Gasteiger partial charge in [-0.3, -0.25) is 15.1 Å². The van der Waals surface area contributed by atoms with E-state index in [9.17, 15) is 9.90 Å². The summed E-state index contributed by atoms with van der Waals surface area (Å²) in [4.78, 5) is 21.5. The number of carbonyl (C=O) groups is 1. The van der Waals surface area contributed by atoms with Gasteiger partial charge in [-0.2, -0.15) is 0 Å². The van der Waals surface area contributed by atoms with Gasteiger partial charge in [0.05, 0.1) is 19.0 Å². The monoisotopic (exact) mass is 269 g/mol. The lowest BCUT2D eigenvalue weighted by molar-refractivity contribution is -0.123. The molecule has 3 rings (SSSR count). The molecule has 104 valence electrons. The summed E-state index contributed by atoms with van der Waals surface area (Å²) in [5.41, 5.74) is 5.53. The van der Waals surface area contributed by atoms with Crippen molar-refractivity contribution in [1.29, 1.82) is 0 Å². The molecule has 9 nitrogen and oxygen atoms in total. The van der Waals surface area contributed by atoms with Crippen LogP contribution in [0, 0.1) is 0 Å². The minimum Gasteiger partial charge on any atom is -0.394 e. The molecule has 0 aromatic heterocycles. The second-order valence-corrected chi connectivity index (χ2v) is 4.69. The average Bonchev–Trinajstić information content (AvgIpc) is 2.92. The first-order chi connectivity index (χ1) is 9.10. The van der Waals surface area contributed by atoms with Crippen molar-refractivity contribution in [1.82, 2.24) is 10.2 Å². The van der Waals surface area contributed by atoms with E-state index in [-0.39, 0.29) is 18.5 Å². The van der Waals surface area contributed by atoms with Crippen molar-refractivity contribution >= 4 is 18.2 Å². The summed E-state index contributed by atoms with van der Waals surface area (Å²) in [5, 5.41) is 21.2. The van der Waals surface area contributed by atoms with E-state index in [1.807, 2.05) is 0 Å². The van der Waals surface area contributed by atoms with Gasteiger partial charge in [0.15, 0.2) is 18.2 Å². The van der Waals surface area contributed by atoms with Crippen molar-refractivity contribution in [2.24, 2.45) is 15.7 Å². The molecule has 0 aromatic carbocycles. The summed E-state index contributed by atoms with van der Waals surface area (Å²) in [7, 11) is 0. The highest BCUT2D eigenvalue weighted by atomic mass is 16.5. The SMILES string of the molecule is NC1=NC2C(N=CN2[C@H]2C[C@H](O)[C@@H](CO)O2)C(=O)N1. The van der Waals surface area contributed by atoms with Crippen LogP contribution in [0.25, 0.3) is 0 Å². The van der Waals surface area contributed by atoms with Crippen molar-refractivity contribution in [2.75, 3.05) is 6.61 Å². The van der Waals surface area contributed by atoms with Gasteiger partial charge in [0.25, 0.3) is 5.91 Å². The van der Waals surface area contributed by atoms with Gasteiger partial charge in [-0.05, 0) is 0 Å². The Hall–Kier alpha value is -1.71. The van der Waals surface area contributed by atoms with Gasteiger partial charge >= 0.3 is 0 Å². The van der Waals surface area contributed by atoms with Crippen LogP contribution < -0.4 is 11.1 Å². The van der Waals surface area contributed by atoms with Crippen molar-refractivity contribution < 1.29 is 19.7 Å². The van der Waals surface area contributed by atoms with E-state index in [1.54, 1.807) is 4.90 Å². The summed E-state index contributed by atoms with van der Waals surface area (Å²) in [6.45, 7) is -0.261. The molecule has 19 heavy (non-hydrogen) atoms. The molecule has 1 amide bonds. The first kappa shape index (κ1) is 12.3. The Bertz CT molecular complexity index is 453. The lowest BCUT2D eigenvalue weighted by Gasteiger charge is -2.31. The van der Waals surface area contributed by atoms with E-state index < -0.39 is 30.6 Å². The number of nitrogens with one attached hydrogen (secondary N) is 1. The second-order valence-electron chi connectivity index (χ2n) is 4.69. The topological polar surface area (TPSA) is 133 Å². The first-order valence-electron chi connectivity index (χ1n) is 5.99. The number of rotatable bonds is 2. The van der Waals surface area contributed by atoms with Crippen LogP contribution in [0.2, 0.25) is 0 Å². The number of carbonyl (C=O) groups excluding carboxylic acids is 1. The Morgan fingerprint density at radius 1 is 1.63 bits per heavy atom. The van der Waals surface area contributed by atoms with Crippen LogP contribution in [0.1, 0.15) is 6.42 Å². The van der Waals surface area contributed by atoms with Crippen molar-refractivity contribution in [3.05, 3.63) is 0 Å². The van der Waals surface area contributed by atoms with E-state index in [1.165, 1.54) is 6.34 Å². The first-order valence-corrected chi connectivity index (χ1v) is 5.99. The fraction of sp³-hybridized carbons (Fsp3) is 0.700. The number of aliphatic hydroxyl groups excluding tert-OH is 2. The third-order valence-electron chi connectivity index (χ3n) is 3.46. The highest BCUT2D eigenvalue weighted by molar-refractivity contribution is 6.02. The fourth-order valence-electron chi connectivity index (χ4n) is 2.48. The maximum absolute atomic E-state index is 11.7. The predicted molar refractivity (Wildman–Crippen MR) is 64.0 cm³/mol. The van der Waals surface area contributed by atoms with Crippen molar-refractivity contribution in [3.63, 3.8) is 0 Å². The number of hydrogen-bond acceptors (Lipinski definition) is 8. The van der Waals surface area contributed by atoms with Gasteiger partial charge in [-0.15, -0.1) is 0 Å². The summed E-state index contributed by atoms with van der Waals surface area (Å²) in [6.07, 6.45) is -0.611. The smallest absolute Gasteiger partial charge is 0.255 e. The summed E-state index contributed by atoms with van der Waals surface area (Å²) in [6, 6.07) is -0.652. The van der Waals surface area contributed by atoms with Crippen LogP contribution >= 0.6 is 0 Å². The molecule has 0 saturated carbocycles. The number of guanidine groups is 1. The number of nitrogens with two attached hydrogens (primary N) is 1. The summed E-state index contributed by atoms with van der Waals surface area (Å²) in [5.74, 6) is -0.271. The number of amides is 1. The maximum atomic E-state index is 11.7. The van der Waals surface area contributed by atoms with Gasteiger partial charge in [0, 0.05) is 6.42 Å². The number of aliphatic imine (C=N–C) groups is 2. The molecule has 0 aromatic rings. The van der Waals surface area contributed by atoms with Crippen molar-refractivity contribution in [3.8, 4) is 0 Å². The number of aliphatic hydroxyl groups is 2. The molecule has 0 bridgehead atoms. The van der Waals surface area contributed by atoms with Crippen LogP contribution in [0.4, 0.5) is 0 Å². The van der Waals surface area contributed by atoms with Crippen LogP contribution in [0.3, 0.4) is 0 Å². The van der Waals surface area contributed by atoms with Gasteiger partial charge in [-0.25, -0.2) is 4.99 Å². The van der Waals surface area contributed by atoms with Gasteiger partial charge in [-0.1, -0.05) is 0 Å². The number of hydrogen-bond donors (Lipinski definition) is 4. The maximum Gasteiger partial charge on any atom is 0.255 e. The molecule has 0 spiro atoms. The average molecular weight is 269 g/mol. The molecule has 1 saturated heterocycles. The number of ether oxygens (including phenoxy) is 1. The molecule has 0 aliphatic carbocycles.